The van der Waals surface area contributed by atoms with Gasteiger partial charge in [0, 0.05) is 0 Å². The zero-order valence-electron chi connectivity index (χ0n) is 23.6. The first-order valence-electron chi connectivity index (χ1n) is 14.4. The van der Waals surface area contributed by atoms with Gasteiger partial charge in [0.1, 0.15) is 0 Å². The molecule has 3 nitrogen and oxygen atoms in total. The van der Waals surface area contributed by atoms with Gasteiger partial charge in [0.15, 0.2) is 0 Å². The second kappa shape index (κ2) is 2.85. The van der Waals surface area contributed by atoms with Crippen LogP contribution in [0.5, 0.6) is 11.5 Å². The molecule has 1 spiro atoms. The van der Waals surface area contributed by atoms with Gasteiger partial charge in [0.25, 0.3) is 0 Å². The van der Waals surface area contributed by atoms with Gasteiger partial charge >= 0.3 is 213 Å². The molecule has 37 heavy (non-hydrogen) atoms. The average molecular weight is 557 g/mol. The van der Waals surface area contributed by atoms with Crippen LogP contribution >= 0.6 is 7.92 Å². The van der Waals surface area contributed by atoms with Crippen LogP contribution in [0.2, 0.25) is 42.8 Å². The monoisotopic (exact) mass is 557 g/mol. The van der Waals surface area contributed by atoms with Crippen LogP contribution in [0.25, 0.3) is 0 Å². The van der Waals surface area contributed by atoms with E-state index in [1.165, 1.54) is 60.8 Å². The first kappa shape index (κ1) is 19.9. The molecule has 10 heterocycles. The molecule has 198 valence electrons. The van der Waals surface area contributed by atoms with Crippen LogP contribution in [-0.4, -0.2) is 43.3 Å². The van der Waals surface area contributed by atoms with Crippen LogP contribution < -0.4 is 20.1 Å². The summed E-state index contributed by atoms with van der Waals surface area (Å²) in [4.78, 5) is 12.9. The van der Waals surface area contributed by atoms with Crippen LogP contribution in [0.1, 0.15) is 29.2 Å². The molecule has 0 bridgehead atoms. The Balaban J connectivity index is 1.21. The molecule has 10 aliphatic heterocycles. The molecule has 2 aromatic rings. The first-order valence-corrected chi connectivity index (χ1v) is 21.9. The fourth-order valence-corrected chi connectivity index (χ4v) is 114. The third-order valence-electron chi connectivity index (χ3n) is 20.4. The fourth-order valence-electron chi connectivity index (χ4n) is 22.1. The molecule has 2 aromatic carbocycles. The minimum atomic E-state index is -3.72. The molecule has 0 amide bonds. The summed E-state index contributed by atoms with van der Waals surface area (Å²) in [7, 11) is 8.09. The quantitative estimate of drug-likeness (QED) is 0.271. The number of aryl methyl sites for hydroxylation is 4. The SMILES string of the molecule is COc1c(C)cc(P(c2cc(C)c(OC)c(C)c2)[C]23[CH]4[CH]5[CH]6[C]2(C(C)N(C)C)[Fe]56432789[CH]3[CH]2[CH]7[CH]8[CH]39)cc1C. The Morgan fingerprint density at radius 1 is 0.730 bits per heavy atom. The molecule has 0 aliphatic carbocycles. The minimum absolute atomic E-state index is 0.411. The molecule has 0 aromatic heterocycles. The first-order chi connectivity index (χ1) is 17.4. The summed E-state index contributed by atoms with van der Waals surface area (Å²) in [5.41, 5.74) is 5.31. The molecule has 10 fully saturated rings. The Bertz CT molecular complexity index is 1840. The zero-order valence-corrected chi connectivity index (χ0v) is 25.6. The summed E-state index contributed by atoms with van der Waals surface area (Å²) >= 11 is 0. The molecule has 0 N–H and O–H groups in total. The average Bonchev–Trinajstić information content (AvgIpc) is 3.78. The molecular formula is C32H40FeNO2P. The molecule has 6 unspecified atom stereocenters. The van der Waals surface area contributed by atoms with Gasteiger partial charge in [-0.1, -0.05) is 0 Å². The summed E-state index contributed by atoms with van der Waals surface area (Å²) in [6.45, 7) is 8.09. The van der Waals surface area contributed by atoms with Crippen molar-refractivity contribution in [3.63, 3.8) is 0 Å². The van der Waals surface area contributed by atoms with Crippen molar-refractivity contribution in [2.45, 2.75) is 87.6 Å². The van der Waals surface area contributed by atoms with Gasteiger partial charge in [0.05, 0.1) is 0 Å². The van der Waals surface area contributed by atoms with Crippen LogP contribution in [0.3, 0.4) is 0 Å². The third-order valence-corrected chi connectivity index (χ3v) is 70.5. The van der Waals surface area contributed by atoms with E-state index in [1.807, 2.05) is 14.2 Å². The molecule has 10 aliphatic rings. The predicted octanol–water partition coefficient (Wildman–Crippen LogP) is 6.99. The second-order valence-corrected chi connectivity index (χ2v) is 43.0. The molecule has 0 saturated carbocycles. The summed E-state index contributed by atoms with van der Waals surface area (Å²) in [5, 5.41) is 3.35. The Kier molecular flexibility index (Phi) is 1.53. The van der Waals surface area contributed by atoms with E-state index in [4.69, 9.17) is 9.47 Å². The Morgan fingerprint density at radius 2 is 1.14 bits per heavy atom. The van der Waals surface area contributed by atoms with Gasteiger partial charge in [-0.05, 0) is 0 Å². The summed E-state index contributed by atoms with van der Waals surface area (Å²) in [6.07, 6.45) is 0. The second-order valence-electron chi connectivity index (χ2n) is 17.0. The number of hydrogen-bond donors (Lipinski definition) is 0. The zero-order chi connectivity index (χ0) is 25.5. The van der Waals surface area contributed by atoms with Crippen LogP contribution in [0.4, 0.5) is 0 Å². The van der Waals surface area contributed by atoms with E-state index in [0.717, 1.165) is 21.9 Å². The van der Waals surface area contributed by atoms with Crippen molar-refractivity contribution in [2.75, 3.05) is 28.3 Å². The summed E-state index contributed by atoms with van der Waals surface area (Å²) < 4.78 is 13.2. The maximum absolute atomic E-state index is 5.88. The topological polar surface area (TPSA) is 21.7 Å². The third kappa shape index (κ3) is 0.464. The van der Waals surface area contributed by atoms with Crippen molar-refractivity contribution >= 4 is 18.5 Å². The standard InChI is InChI=1S/C27H35NO2P.C5H5.Fe/c1-17-13-22(14-18(2)26(17)29-8)31(23-15-19(3)27(30-9)20(4)16-23)25-12-10-11-24(25)21(5)28(6)7;1-2-4-5-3-1;/h10-16,21H,1-9H3;1-5H;. The number of rotatable bonds is 7. The summed E-state index contributed by atoms with van der Waals surface area (Å²) in [5.74, 6) is 2.17. The molecule has 6 atom stereocenters. The number of fused-ring (bicyclic) bond motifs is 10. The van der Waals surface area contributed by atoms with E-state index in [-0.39, 0.29) is 0 Å². The van der Waals surface area contributed by atoms with Gasteiger partial charge in [-0.3, -0.25) is 0 Å². The maximum atomic E-state index is 5.88. The number of ether oxygens (including phenoxy) is 2. The van der Waals surface area contributed by atoms with Crippen LogP contribution in [-0.2, 0) is 6.51 Å². The van der Waals surface area contributed by atoms with Crippen molar-refractivity contribution in [3.05, 3.63) is 46.5 Å². The van der Waals surface area contributed by atoms with Crippen molar-refractivity contribution in [1.29, 1.82) is 0 Å². The number of nitrogens with zero attached hydrogens (tertiary/aromatic N) is 1. The fraction of sp³-hybridized carbons (Fsp3) is 0.625. The van der Waals surface area contributed by atoms with Crippen molar-refractivity contribution in [1.82, 2.24) is 4.90 Å². The molecule has 0 radical (unpaired) electrons. The Hall–Kier alpha value is -1.05. The van der Waals surface area contributed by atoms with E-state index in [9.17, 15) is 0 Å². The molecule has 10 saturated heterocycles. The Labute approximate surface area is 212 Å². The van der Waals surface area contributed by atoms with Crippen molar-refractivity contribution in [2.24, 2.45) is 0 Å². The summed E-state index contributed by atoms with van der Waals surface area (Å²) in [6, 6.07) is 11.1. The predicted molar refractivity (Wildman–Crippen MR) is 150 cm³/mol. The van der Waals surface area contributed by atoms with E-state index < -0.39 is 14.4 Å². The van der Waals surface area contributed by atoms with Gasteiger partial charge in [0.2, 0.25) is 0 Å². The normalized spacial score (nSPS) is 64.2. The van der Waals surface area contributed by atoms with Gasteiger partial charge in [-0.25, -0.2) is 0 Å². The van der Waals surface area contributed by atoms with E-state index in [1.54, 1.807) is 10.6 Å². The van der Waals surface area contributed by atoms with Crippen molar-refractivity contribution in [3.8, 4) is 11.5 Å². The van der Waals surface area contributed by atoms with E-state index in [0.29, 0.717) is 4.05 Å². The van der Waals surface area contributed by atoms with Gasteiger partial charge in [-0.15, -0.1) is 0 Å². The van der Waals surface area contributed by atoms with Crippen LogP contribution in [0, 0.1) is 27.7 Å². The molecule has 12 rings (SSSR count). The molecule has 5 heteroatoms. The number of benzene rings is 2. The Morgan fingerprint density at radius 3 is 1.43 bits per heavy atom. The molecular weight excluding hydrogens is 517 g/mol. The van der Waals surface area contributed by atoms with Gasteiger partial charge in [-0.2, -0.15) is 0 Å². The van der Waals surface area contributed by atoms with Crippen molar-refractivity contribution < 1.29 is 16.0 Å². The van der Waals surface area contributed by atoms with Crippen LogP contribution in [0.15, 0.2) is 24.3 Å². The van der Waals surface area contributed by atoms with Gasteiger partial charge < -0.3 is 0 Å². The number of hydrogen-bond acceptors (Lipinski definition) is 3. The van der Waals surface area contributed by atoms with E-state index in [2.05, 4.69) is 77.9 Å². The van der Waals surface area contributed by atoms with E-state index >= 15 is 0 Å². The number of methoxy groups -OCH3 is 2.